The van der Waals surface area contributed by atoms with Crippen molar-refractivity contribution in [3.8, 4) is 0 Å². The summed E-state index contributed by atoms with van der Waals surface area (Å²) >= 11 is 5.88. The lowest BCUT2D eigenvalue weighted by molar-refractivity contribution is 0.0299. The Labute approximate surface area is 104 Å². The highest BCUT2D eigenvalue weighted by Gasteiger charge is 2.34. The van der Waals surface area contributed by atoms with E-state index in [0.717, 1.165) is 25.9 Å². The normalized spacial score (nSPS) is 27.3. The van der Waals surface area contributed by atoms with E-state index in [2.05, 4.69) is 25.2 Å². The molecule has 17 heavy (non-hydrogen) atoms. The minimum absolute atomic E-state index is 0.221. The first kappa shape index (κ1) is 11.0. The van der Waals surface area contributed by atoms with E-state index < -0.39 is 0 Å². The summed E-state index contributed by atoms with van der Waals surface area (Å²) < 4.78 is 5.77. The second-order valence-electron chi connectivity index (χ2n) is 4.34. The van der Waals surface area contributed by atoms with E-state index in [9.17, 15) is 0 Å². The maximum absolute atomic E-state index is 5.88. The second kappa shape index (κ2) is 4.27. The third-order valence-electron chi connectivity index (χ3n) is 3.15. The maximum Gasteiger partial charge on any atom is 0.231 e. The lowest BCUT2D eigenvalue weighted by Gasteiger charge is -2.32. The molecule has 0 radical (unpaired) electrons. The van der Waals surface area contributed by atoms with Crippen LogP contribution in [-0.4, -0.2) is 47.3 Å². The average molecular weight is 256 g/mol. The Morgan fingerprint density at radius 3 is 2.59 bits per heavy atom. The van der Waals surface area contributed by atoms with Gasteiger partial charge in [0.2, 0.25) is 17.2 Å². The summed E-state index contributed by atoms with van der Waals surface area (Å²) in [5.41, 5.74) is 0. The molecule has 0 amide bonds. The monoisotopic (exact) mass is 255 g/mol. The zero-order chi connectivity index (χ0) is 11.8. The van der Waals surface area contributed by atoms with Gasteiger partial charge in [-0.05, 0) is 24.4 Å². The van der Waals surface area contributed by atoms with Gasteiger partial charge in [-0.25, -0.2) is 0 Å². The summed E-state index contributed by atoms with van der Waals surface area (Å²) in [5, 5.41) is 3.10. The Hall–Kier alpha value is -1.14. The third kappa shape index (κ3) is 2.14. The number of rotatable bonds is 2. The molecule has 3 rings (SSSR count). The van der Waals surface area contributed by atoms with Crippen molar-refractivity contribution in [1.29, 1.82) is 0 Å². The predicted molar refractivity (Wildman–Crippen MR) is 64.5 cm³/mol. The molecule has 0 aliphatic carbocycles. The molecule has 0 spiro atoms. The molecule has 0 aromatic carbocycles. The molecule has 1 aromatic rings. The van der Waals surface area contributed by atoms with Gasteiger partial charge in [0.15, 0.2) is 0 Å². The van der Waals surface area contributed by atoms with E-state index in [0.29, 0.717) is 24.1 Å². The molecule has 2 atom stereocenters. The smallest absolute Gasteiger partial charge is 0.231 e. The van der Waals surface area contributed by atoms with Crippen LogP contribution in [0.25, 0.3) is 0 Å². The van der Waals surface area contributed by atoms with Crippen molar-refractivity contribution in [2.24, 2.45) is 0 Å². The van der Waals surface area contributed by atoms with Crippen LogP contribution >= 0.6 is 11.6 Å². The largest absolute Gasteiger partial charge is 0.371 e. The van der Waals surface area contributed by atoms with E-state index in [1.165, 1.54) is 0 Å². The molecule has 2 unspecified atom stereocenters. The zero-order valence-corrected chi connectivity index (χ0v) is 10.3. The number of anilines is 2. The Bertz CT molecular complexity index is 417. The van der Waals surface area contributed by atoms with E-state index in [4.69, 9.17) is 16.3 Å². The van der Waals surface area contributed by atoms with Gasteiger partial charge in [0.1, 0.15) is 0 Å². The highest BCUT2D eigenvalue weighted by atomic mass is 35.5. The SMILES string of the molecule is CNc1nc(Cl)nc(N2CC3CCC(C2)O3)n1. The van der Waals surface area contributed by atoms with Crippen molar-refractivity contribution in [3.05, 3.63) is 5.28 Å². The summed E-state index contributed by atoms with van der Waals surface area (Å²) in [6.45, 7) is 1.67. The lowest BCUT2D eigenvalue weighted by atomic mass is 10.2. The number of aromatic nitrogens is 3. The third-order valence-corrected chi connectivity index (χ3v) is 3.32. The number of nitrogens with zero attached hydrogens (tertiary/aromatic N) is 4. The molecule has 92 valence electrons. The second-order valence-corrected chi connectivity index (χ2v) is 4.68. The molecule has 2 aliphatic rings. The van der Waals surface area contributed by atoms with E-state index in [-0.39, 0.29) is 5.28 Å². The minimum atomic E-state index is 0.221. The topological polar surface area (TPSA) is 63.2 Å². The maximum atomic E-state index is 5.88. The average Bonchev–Trinajstić information content (AvgIpc) is 2.67. The first-order valence-electron chi connectivity index (χ1n) is 5.74. The molecular formula is C10H14ClN5O. The number of halogens is 1. The number of hydrogen-bond donors (Lipinski definition) is 1. The fourth-order valence-corrected chi connectivity index (χ4v) is 2.53. The van der Waals surface area contributed by atoms with Gasteiger partial charge in [-0.1, -0.05) is 0 Å². The van der Waals surface area contributed by atoms with E-state index in [1.807, 2.05) is 0 Å². The first-order chi connectivity index (χ1) is 8.24. The first-order valence-corrected chi connectivity index (χ1v) is 6.12. The lowest BCUT2D eigenvalue weighted by Crippen LogP contribution is -2.43. The molecule has 3 heterocycles. The number of ether oxygens (including phenoxy) is 1. The molecule has 7 heteroatoms. The summed E-state index contributed by atoms with van der Waals surface area (Å²) in [4.78, 5) is 14.6. The van der Waals surface area contributed by atoms with Crippen molar-refractivity contribution in [3.63, 3.8) is 0 Å². The van der Waals surface area contributed by atoms with E-state index >= 15 is 0 Å². The highest BCUT2D eigenvalue weighted by molar-refractivity contribution is 6.28. The molecule has 1 N–H and O–H groups in total. The Balaban J connectivity index is 1.86. The van der Waals surface area contributed by atoms with Crippen molar-refractivity contribution < 1.29 is 4.74 Å². The van der Waals surface area contributed by atoms with Crippen molar-refractivity contribution in [2.45, 2.75) is 25.0 Å². The van der Waals surface area contributed by atoms with Crippen LogP contribution in [0, 0.1) is 0 Å². The van der Waals surface area contributed by atoms with Gasteiger partial charge >= 0.3 is 0 Å². The quantitative estimate of drug-likeness (QED) is 0.849. The van der Waals surface area contributed by atoms with Gasteiger partial charge in [0.25, 0.3) is 0 Å². The Morgan fingerprint density at radius 1 is 1.24 bits per heavy atom. The molecule has 2 aliphatic heterocycles. The van der Waals surface area contributed by atoms with Gasteiger partial charge in [-0.3, -0.25) is 0 Å². The van der Waals surface area contributed by atoms with Crippen molar-refractivity contribution in [2.75, 3.05) is 30.4 Å². The summed E-state index contributed by atoms with van der Waals surface area (Å²) in [5.74, 6) is 1.13. The molecule has 0 saturated carbocycles. The van der Waals surface area contributed by atoms with Crippen LogP contribution in [0.4, 0.5) is 11.9 Å². The van der Waals surface area contributed by atoms with Crippen LogP contribution in [0.3, 0.4) is 0 Å². The molecule has 2 bridgehead atoms. The van der Waals surface area contributed by atoms with Gasteiger partial charge in [-0.2, -0.15) is 15.0 Å². The van der Waals surface area contributed by atoms with Crippen LogP contribution in [0.1, 0.15) is 12.8 Å². The summed E-state index contributed by atoms with van der Waals surface area (Å²) in [6, 6.07) is 0. The summed E-state index contributed by atoms with van der Waals surface area (Å²) in [6.07, 6.45) is 2.86. The van der Waals surface area contributed by atoms with Crippen molar-refractivity contribution >= 4 is 23.5 Å². The minimum Gasteiger partial charge on any atom is -0.371 e. The van der Waals surface area contributed by atoms with Crippen LogP contribution in [-0.2, 0) is 4.74 Å². The molecule has 2 fully saturated rings. The fraction of sp³-hybridized carbons (Fsp3) is 0.700. The number of fused-ring (bicyclic) bond motifs is 2. The van der Waals surface area contributed by atoms with Gasteiger partial charge < -0.3 is 15.0 Å². The van der Waals surface area contributed by atoms with Crippen LogP contribution in [0.2, 0.25) is 5.28 Å². The Morgan fingerprint density at radius 2 is 1.94 bits per heavy atom. The number of nitrogens with one attached hydrogen (secondary N) is 1. The highest BCUT2D eigenvalue weighted by Crippen LogP contribution is 2.28. The summed E-state index contributed by atoms with van der Waals surface area (Å²) in [7, 11) is 1.76. The van der Waals surface area contributed by atoms with Gasteiger partial charge in [0.05, 0.1) is 12.2 Å². The fourth-order valence-electron chi connectivity index (χ4n) is 2.37. The molecule has 1 aromatic heterocycles. The van der Waals surface area contributed by atoms with E-state index in [1.54, 1.807) is 7.05 Å². The van der Waals surface area contributed by atoms with Gasteiger partial charge in [0, 0.05) is 20.1 Å². The van der Waals surface area contributed by atoms with Crippen LogP contribution < -0.4 is 10.2 Å². The van der Waals surface area contributed by atoms with Crippen LogP contribution in [0.5, 0.6) is 0 Å². The Kier molecular flexibility index (Phi) is 2.76. The molecular weight excluding hydrogens is 242 g/mol. The molecule has 6 nitrogen and oxygen atoms in total. The standard InChI is InChI=1S/C10H14ClN5O/c1-12-9-13-8(11)14-10(15-9)16-4-6-2-3-7(5-16)17-6/h6-7H,2-5H2,1H3,(H,12,13,14,15). The van der Waals surface area contributed by atoms with Crippen LogP contribution in [0.15, 0.2) is 0 Å². The zero-order valence-electron chi connectivity index (χ0n) is 9.56. The van der Waals surface area contributed by atoms with Gasteiger partial charge in [-0.15, -0.1) is 0 Å². The van der Waals surface area contributed by atoms with Crippen molar-refractivity contribution in [1.82, 2.24) is 15.0 Å². The number of hydrogen-bond acceptors (Lipinski definition) is 6. The molecule has 2 saturated heterocycles. The number of morpholine rings is 1. The predicted octanol–water partition coefficient (Wildman–Crippen LogP) is 0.934.